The van der Waals surface area contributed by atoms with Gasteiger partial charge in [0.25, 0.3) is 5.91 Å². The Balaban J connectivity index is 1.81. The first kappa shape index (κ1) is 16.5. The summed E-state index contributed by atoms with van der Waals surface area (Å²) in [7, 11) is 0. The van der Waals surface area contributed by atoms with Crippen molar-refractivity contribution in [1.29, 1.82) is 0 Å². The van der Waals surface area contributed by atoms with Crippen molar-refractivity contribution >= 4 is 39.4 Å². The van der Waals surface area contributed by atoms with E-state index in [1.165, 1.54) is 0 Å². The molecule has 3 aromatic carbocycles. The average Bonchev–Trinajstić information content (AvgIpc) is 3.01. The molecule has 0 N–H and O–H groups in total. The van der Waals surface area contributed by atoms with Crippen molar-refractivity contribution in [3.63, 3.8) is 0 Å². The number of amidine groups is 1. The van der Waals surface area contributed by atoms with Crippen molar-refractivity contribution in [3.05, 3.63) is 106 Å². The molecule has 0 saturated heterocycles. The summed E-state index contributed by atoms with van der Waals surface area (Å²) in [5.41, 5.74) is 3.07. The van der Waals surface area contributed by atoms with E-state index in [9.17, 15) is 4.79 Å². The number of carbonyl (C=O) groups is 1. The third-order valence-electron chi connectivity index (χ3n) is 4.08. The third kappa shape index (κ3) is 3.24. The van der Waals surface area contributed by atoms with E-state index in [1.807, 2.05) is 91.0 Å². The highest BCUT2D eigenvalue weighted by Crippen LogP contribution is 2.27. The molecule has 4 heteroatoms. The molecule has 0 spiro atoms. The van der Waals surface area contributed by atoms with E-state index in [2.05, 4.69) is 20.9 Å². The van der Waals surface area contributed by atoms with Gasteiger partial charge in [-0.15, -0.1) is 0 Å². The lowest BCUT2D eigenvalue weighted by Crippen LogP contribution is -2.32. The largest absolute Gasteiger partial charge is 0.282 e. The fourth-order valence-electron chi connectivity index (χ4n) is 2.83. The lowest BCUT2D eigenvalue weighted by Gasteiger charge is -2.18. The van der Waals surface area contributed by atoms with Crippen LogP contribution in [0, 0.1) is 0 Å². The number of aliphatic imine (C=N–C) groups is 1. The predicted molar refractivity (Wildman–Crippen MR) is 109 cm³/mol. The first-order chi connectivity index (χ1) is 12.7. The van der Waals surface area contributed by atoms with Gasteiger partial charge in [-0.1, -0.05) is 76.6 Å². The van der Waals surface area contributed by atoms with Crippen molar-refractivity contribution in [2.75, 3.05) is 4.90 Å². The van der Waals surface area contributed by atoms with Crippen molar-refractivity contribution in [3.8, 4) is 0 Å². The fourth-order valence-corrected chi connectivity index (χ4v) is 3.10. The van der Waals surface area contributed by atoms with Crippen LogP contribution >= 0.6 is 15.9 Å². The first-order valence-corrected chi connectivity index (χ1v) is 9.02. The number of rotatable bonds is 3. The molecule has 1 aliphatic rings. The van der Waals surface area contributed by atoms with Gasteiger partial charge in [-0.25, -0.2) is 4.99 Å². The van der Waals surface area contributed by atoms with Crippen LogP contribution in [0.25, 0.3) is 6.08 Å². The highest BCUT2D eigenvalue weighted by molar-refractivity contribution is 9.10. The maximum Gasteiger partial charge on any atom is 0.282 e. The van der Waals surface area contributed by atoms with E-state index >= 15 is 0 Å². The van der Waals surface area contributed by atoms with Crippen LogP contribution in [0.4, 0.5) is 5.69 Å². The molecule has 4 rings (SSSR count). The van der Waals surface area contributed by atoms with E-state index in [1.54, 1.807) is 4.90 Å². The van der Waals surface area contributed by atoms with Gasteiger partial charge < -0.3 is 0 Å². The molecule has 0 bridgehead atoms. The van der Waals surface area contributed by atoms with Crippen molar-refractivity contribution in [2.45, 2.75) is 0 Å². The molecule has 1 amide bonds. The molecule has 126 valence electrons. The summed E-state index contributed by atoms with van der Waals surface area (Å²) in [5, 5.41) is 0. The number of amides is 1. The van der Waals surface area contributed by atoms with Crippen molar-refractivity contribution < 1.29 is 4.79 Å². The van der Waals surface area contributed by atoms with Crippen LogP contribution in [-0.2, 0) is 4.79 Å². The second-order valence-corrected chi connectivity index (χ2v) is 6.77. The smallest absolute Gasteiger partial charge is 0.266 e. The number of hydrogen-bond donors (Lipinski definition) is 0. The summed E-state index contributed by atoms with van der Waals surface area (Å²) in [6, 6.07) is 27.2. The Labute approximate surface area is 160 Å². The van der Waals surface area contributed by atoms with Crippen LogP contribution in [0.5, 0.6) is 0 Å². The standard InChI is InChI=1S/C22H15BrN2O/c23-18-13-11-16(12-14-18)15-20-22(26)25(19-9-5-2-6-10-19)21(24-20)17-7-3-1-4-8-17/h1-15H/b20-15-. The van der Waals surface area contributed by atoms with Crippen LogP contribution in [0.3, 0.4) is 0 Å². The van der Waals surface area contributed by atoms with Gasteiger partial charge >= 0.3 is 0 Å². The molecule has 3 aromatic rings. The topological polar surface area (TPSA) is 32.7 Å². The van der Waals surface area contributed by atoms with Crippen LogP contribution < -0.4 is 4.90 Å². The second kappa shape index (κ2) is 7.10. The minimum atomic E-state index is -0.127. The van der Waals surface area contributed by atoms with Gasteiger partial charge in [-0.2, -0.15) is 0 Å². The minimum absolute atomic E-state index is 0.127. The molecule has 0 aromatic heterocycles. The fraction of sp³-hybridized carbons (Fsp3) is 0. The average molecular weight is 403 g/mol. The number of para-hydroxylation sites is 1. The van der Waals surface area contributed by atoms with E-state index in [0.29, 0.717) is 11.5 Å². The highest BCUT2D eigenvalue weighted by atomic mass is 79.9. The summed E-state index contributed by atoms with van der Waals surface area (Å²) in [6.45, 7) is 0. The Hall–Kier alpha value is -2.98. The van der Waals surface area contributed by atoms with E-state index < -0.39 is 0 Å². The van der Waals surface area contributed by atoms with Crippen LogP contribution in [0.2, 0.25) is 0 Å². The Morgan fingerprint density at radius 2 is 1.42 bits per heavy atom. The highest BCUT2D eigenvalue weighted by Gasteiger charge is 2.32. The van der Waals surface area contributed by atoms with Gasteiger partial charge in [0.1, 0.15) is 11.5 Å². The molecule has 26 heavy (non-hydrogen) atoms. The summed E-state index contributed by atoms with van der Waals surface area (Å²) >= 11 is 3.43. The molecule has 3 nitrogen and oxygen atoms in total. The van der Waals surface area contributed by atoms with Gasteiger partial charge in [-0.3, -0.25) is 9.69 Å². The summed E-state index contributed by atoms with van der Waals surface area (Å²) in [6.07, 6.45) is 1.82. The number of hydrogen-bond acceptors (Lipinski definition) is 2. The van der Waals surface area contributed by atoms with E-state index in [0.717, 1.165) is 21.3 Å². The summed E-state index contributed by atoms with van der Waals surface area (Å²) in [5.74, 6) is 0.517. The van der Waals surface area contributed by atoms with Crippen LogP contribution in [0.15, 0.2) is 100 Å². The van der Waals surface area contributed by atoms with E-state index in [4.69, 9.17) is 0 Å². The lowest BCUT2D eigenvalue weighted by atomic mass is 10.1. The SMILES string of the molecule is O=C1/C(=C/c2ccc(Br)cc2)N=C(c2ccccc2)N1c1ccccc1. The molecular formula is C22H15BrN2O. The molecule has 0 radical (unpaired) electrons. The molecule has 1 aliphatic heterocycles. The van der Waals surface area contributed by atoms with Gasteiger partial charge in [-0.05, 0) is 35.9 Å². The van der Waals surface area contributed by atoms with Crippen molar-refractivity contribution in [2.24, 2.45) is 4.99 Å². The summed E-state index contributed by atoms with van der Waals surface area (Å²) in [4.78, 5) is 19.4. The Morgan fingerprint density at radius 1 is 0.808 bits per heavy atom. The zero-order valence-electron chi connectivity index (χ0n) is 13.8. The van der Waals surface area contributed by atoms with Crippen LogP contribution in [0.1, 0.15) is 11.1 Å². The second-order valence-electron chi connectivity index (χ2n) is 5.86. The predicted octanol–water partition coefficient (Wildman–Crippen LogP) is 5.28. The summed E-state index contributed by atoms with van der Waals surface area (Å²) < 4.78 is 0.997. The molecule has 0 fully saturated rings. The Bertz CT molecular complexity index is 993. The number of halogens is 1. The monoisotopic (exact) mass is 402 g/mol. The third-order valence-corrected chi connectivity index (χ3v) is 4.61. The zero-order valence-corrected chi connectivity index (χ0v) is 15.4. The lowest BCUT2D eigenvalue weighted by molar-refractivity contribution is -0.113. The molecule has 0 saturated carbocycles. The molecule has 0 unspecified atom stereocenters. The number of nitrogens with zero attached hydrogens (tertiary/aromatic N) is 2. The molecule has 0 atom stereocenters. The maximum absolute atomic E-state index is 13.1. The Morgan fingerprint density at radius 3 is 2.08 bits per heavy atom. The minimum Gasteiger partial charge on any atom is -0.266 e. The number of carbonyl (C=O) groups excluding carboxylic acids is 1. The normalized spacial score (nSPS) is 15.4. The Kier molecular flexibility index (Phi) is 4.50. The number of benzene rings is 3. The quantitative estimate of drug-likeness (QED) is 0.548. The van der Waals surface area contributed by atoms with Gasteiger partial charge in [0.15, 0.2) is 0 Å². The maximum atomic E-state index is 13.1. The van der Waals surface area contributed by atoms with Crippen LogP contribution in [-0.4, -0.2) is 11.7 Å². The molecular weight excluding hydrogens is 388 g/mol. The van der Waals surface area contributed by atoms with Gasteiger partial charge in [0.05, 0.1) is 5.69 Å². The van der Waals surface area contributed by atoms with Gasteiger partial charge in [0, 0.05) is 10.0 Å². The molecule has 1 heterocycles. The van der Waals surface area contributed by atoms with Crippen molar-refractivity contribution in [1.82, 2.24) is 0 Å². The van der Waals surface area contributed by atoms with E-state index in [-0.39, 0.29) is 5.91 Å². The number of anilines is 1. The first-order valence-electron chi connectivity index (χ1n) is 8.23. The van der Waals surface area contributed by atoms with Gasteiger partial charge in [0.2, 0.25) is 0 Å². The molecule has 0 aliphatic carbocycles. The zero-order chi connectivity index (χ0) is 17.9.